The van der Waals surface area contributed by atoms with Crippen molar-refractivity contribution in [1.29, 1.82) is 0 Å². The fraction of sp³-hybridized carbons (Fsp3) is 0.462. The number of rotatable bonds is 6. The average Bonchev–Trinajstić information content (AvgIpc) is 3.24. The monoisotopic (exact) mass is 433 g/mol. The van der Waals surface area contributed by atoms with E-state index in [0.717, 1.165) is 58.4 Å². The predicted octanol–water partition coefficient (Wildman–Crippen LogP) is 5.94. The number of hydrogen-bond donors (Lipinski definition) is 2. The number of carbonyl (C=O) groups excluding carboxylic acids is 1. The van der Waals surface area contributed by atoms with Crippen LogP contribution < -0.4 is 14.8 Å². The second kappa shape index (κ2) is 9.23. The molecule has 6 nitrogen and oxygen atoms in total. The summed E-state index contributed by atoms with van der Waals surface area (Å²) in [6.45, 7) is 3.36. The number of hydrogen-bond acceptors (Lipinski definition) is 4. The molecule has 1 aromatic heterocycles. The van der Waals surface area contributed by atoms with Gasteiger partial charge in [-0.15, -0.1) is 0 Å². The fourth-order valence-electron chi connectivity index (χ4n) is 4.88. The van der Waals surface area contributed by atoms with Crippen molar-refractivity contribution in [3.05, 3.63) is 36.4 Å². The molecule has 1 fully saturated rings. The maximum absolute atomic E-state index is 12.9. The van der Waals surface area contributed by atoms with Crippen LogP contribution in [0.1, 0.15) is 51.9 Å². The second-order valence-corrected chi connectivity index (χ2v) is 9.03. The van der Waals surface area contributed by atoms with Crippen molar-refractivity contribution in [2.24, 2.45) is 11.8 Å². The van der Waals surface area contributed by atoms with Gasteiger partial charge >= 0.3 is 0 Å². The first kappa shape index (κ1) is 20.9. The van der Waals surface area contributed by atoms with E-state index in [9.17, 15) is 4.79 Å². The number of anilines is 1. The van der Waals surface area contributed by atoms with Crippen LogP contribution in [0.5, 0.6) is 11.5 Å². The van der Waals surface area contributed by atoms with E-state index in [4.69, 9.17) is 14.5 Å². The van der Waals surface area contributed by atoms with Crippen molar-refractivity contribution in [2.75, 3.05) is 18.5 Å². The molecule has 0 saturated heterocycles. The zero-order valence-corrected chi connectivity index (χ0v) is 18.7. The molecule has 3 aromatic rings. The van der Waals surface area contributed by atoms with Crippen LogP contribution in [0, 0.1) is 11.8 Å². The van der Waals surface area contributed by atoms with Crippen molar-refractivity contribution < 1.29 is 14.3 Å². The van der Waals surface area contributed by atoms with E-state index in [2.05, 4.69) is 17.2 Å². The number of nitrogens with one attached hydrogen (secondary N) is 2. The molecule has 2 aromatic carbocycles. The minimum Gasteiger partial charge on any atom is -0.486 e. The first-order chi connectivity index (χ1) is 15.7. The Bertz CT molecular complexity index is 1060. The third-order valence-electron chi connectivity index (χ3n) is 6.73. The molecule has 168 valence electrons. The van der Waals surface area contributed by atoms with Gasteiger partial charge in [0.1, 0.15) is 19.0 Å². The normalized spacial score (nSPS) is 20.3. The molecule has 2 aliphatic rings. The number of aromatic nitrogens is 2. The molecule has 32 heavy (non-hydrogen) atoms. The zero-order valence-electron chi connectivity index (χ0n) is 18.7. The van der Waals surface area contributed by atoms with E-state index in [0.29, 0.717) is 13.2 Å². The number of unbranched alkanes of at least 4 members (excludes halogenated alkanes) is 1. The topological polar surface area (TPSA) is 76.2 Å². The van der Waals surface area contributed by atoms with Crippen LogP contribution in [-0.2, 0) is 4.79 Å². The number of benzene rings is 2. The van der Waals surface area contributed by atoms with E-state index in [1.807, 2.05) is 36.4 Å². The molecule has 0 radical (unpaired) electrons. The van der Waals surface area contributed by atoms with E-state index in [-0.39, 0.29) is 11.8 Å². The lowest BCUT2D eigenvalue weighted by atomic mass is 9.79. The fourth-order valence-corrected chi connectivity index (χ4v) is 4.88. The van der Waals surface area contributed by atoms with Gasteiger partial charge in [-0.25, -0.2) is 4.98 Å². The maximum atomic E-state index is 12.9. The lowest BCUT2D eigenvalue weighted by molar-refractivity contribution is -0.121. The van der Waals surface area contributed by atoms with Gasteiger partial charge in [0.15, 0.2) is 11.5 Å². The van der Waals surface area contributed by atoms with E-state index < -0.39 is 0 Å². The van der Waals surface area contributed by atoms with E-state index in [1.54, 1.807) is 0 Å². The highest BCUT2D eigenvalue weighted by molar-refractivity contribution is 5.93. The van der Waals surface area contributed by atoms with Crippen LogP contribution in [0.4, 0.5) is 5.69 Å². The lowest BCUT2D eigenvalue weighted by Crippen LogP contribution is -2.27. The van der Waals surface area contributed by atoms with Gasteiger partial charge < -0.3 is 19.8 Å². The Morgan fingerprint density at radius 3 is 2.66 bits per heavy atom. The quantitative estimate of drug-likeness (QED) is 0.505. The molecule has 0 bridgehead atoms. The minimum absolute atomic E-state index is 0.119. The summed E-state index contributed by atoms with van der Waals surface area (Å²) in [5.41, 5.74) is 3.48. The first-order valence-corrected chi connectivity index (χ1v) is 11.9. The van der Waals surface area contributed by atoms with Gasteiger partial charge in [0, 0.05) is 29.3 Å². The molecule has 5 rings (SSSR count). The van der Waals surface area contributed by atoms with Gasteiger partial charge in [-0.1, -0.05) is 38.3 Å². The number of imidazole rings is 1. The zero-order chi connectivity index (χ0) is 21.9. The van der Waals surface area contributed by atoms with Crippen LogP contribution in [0.3, 0.4) is 0 Å². The summed E-state index contributed by atoms with van der Waals surface area (Å²) in [7, 11) is 0. The standard InChI is InChI=1S/C26H31N3O3/c1-2-3-5-17-8-10-18(11-9-17)26(30)27-20-7-4-6-19(14-20)25-28-21-15-23-24(16-22(21)29-25)32-13-12-31-23/h4,6-7,14-18H,2-3,5,8-13H2,1H3,(H,27,30)(H,28,29). The van der Waals surface area contributed by atoms with Gasteiger partial charge in [-0.05, 0) is 43.7 Å². The molecule has 0 unspecified atom stereocenters. The summed E-state index contributed by atoms with van der Waals surface area (Å²) in [5, 5.41) is 3.14. The number of carbonyl (C=O) groups is 1. The third kappa shape index (κ3) is 4.45. The molecule has 2 heterocycles. The smallest absolute Gasteiger partial charge is 0.227 e. The Morgan fingerprint density at radius 1 is 1.09 bits per heavy atom. The molecule has 2 N–H and O–H groups in total. The van der Waals surface area contributed by atoms with E-state index in [1.165, 1.54) is 32.1 Å². The van der Waals surface area contributed by atoms with Crippen molar-refractivity contribution >= 4 is 22.6 Å². The van der Waals surface area contributed by atoms with Crippen molar-refractivity contribution in [3.8, 4) is 22.9 Å². The maximum Gasteiger partial charge on any atom is 0.227 e. The Morgan fingerprint density at radius 2 is 1.88 bits per heavy atom. The van der Waals surface area contributed by atoms with Gasteiger partial charge in [-0.2, -0.15) is 0 Å². The summed E-state index contributed by atoms with van der Waals surface area (Å²) in [6, 6.07) is 11.7. The van der Waals surface area contributed by atoms with Crippen molar-refractivity contribution in [3.63, 3.8) is 0 Å². The highest BCUT2D eigenvalue weighted by atomic mass is 16.6. The second-order valence-electron chi connectivity index (χ2n) is 9.03. The lowest BCUT2D eigenvalue weighted by Gasteiger charge is -2.27. The molecule has 6 heteroatoms. The summed E-state index contributed by atoms with van der Waals surface area (Å²) >= 11 is 0. The first-order valence-electron chi connectivity index (χ1n) is 11.9. The molecule has 1 amide bonds. The summed E-state index contributed by atoms with van der Waals surface area (Å²) < 4.78 is 11.3. The summed E-state index contributed by atoms with van der Waals surface area (Å²) in [5.74, 6) is 3.29. The Kier molecular flexibility index (Phi) is 6.02. The highest BCUT2D eigenvalue weighted by Crippen LogP contribution is 2.35. The number of ether oxygens (including phenoxy) is 2. The van der Waals surface area contributed by atoms with Crippen molar-refractivity contribution in [2.45, 2.75) is 51.9 Å². The van der Waals surface area contributed by atoms with Crippen LogP contribution >= 0.6 is 0 Å². The SMILES string of the molecule is CCCCC1CCC(C(=O)Nc2cccc(-c3nc4cc5c(cc4[nH]3)OCCO5)c2)CC1. The number of nitrogens with zero attached hydrogens (tertiary/aromatic N) is 1. The van der Waals surface area contributed by atoms with Gasteiger partial charge in [0.2, 0.25) is 5.91 Å². The number of aromatic amines is 1. The van der Waals surface area contributed by atoms with Gasteiger partial charge in [0.25, 0.3) is 0 Å². The molecular formula is C26H31N3O3. The molecule has 1 aliphatic heterocycles. The third-order valence-corrected chi connectivity index (χ3v) is 6.73. The summed E-state index contributed by atoms with van der Waals surface area (Å²) in [4.78, 5) is 21.0. The number of H-pyrrole nitrogens is 1. The molecule has 0 spiro atoms. The van der Waals surface area contributed by atoms with Crippen LogP contribution in [-0.4, -0.2) is 29.1 Å². The number of fused-ring (bicyclic) bond motifs is 2. The molecule has 0 atom stereocenters. The number of amides is 1. The highest BCUT2D eigenvalue weighted by Gasteiger charge is 2.26. The Balaban J connectivity index is 1.27. The summed E-state index contributed by atoms with van der Waals surface area (Å²) in [6.07, 6.45) is 8.22. The van der Waals surface area contributed by atoms with Crippen LogP contribution in [0.2, 0.25) is 0 Å². The molecule has 1 saturated carbocycles. The average molecular weight is 434 g/mol. The Labute approximate surface area is 188 Å². The molecular weight excluding hydrogens is 402 g/mol. The molecule has 1 aliphatic carbocycles. The predicted molar refractivity (Wildman–Crippen MR) is 126 cm³/mol. The largest absolute Gasteiger partial charge is 0.486 e. The van der Waals surface area contributed by atoms with Gasteiger partial charge in [0.05, 0.1) is 11.0 Å². The van der Waals surface area contributed by atoms with E-state index >= 15 is 0 Å². The van der Waals surface area contributed by atoms with Crippen LogP contribution in [0.25, 0.3) is 22.4 Å². The van der Waals surface area contributed by atoms with Crippen LogP contribution in [0.15, 0.2) is 36.4 Å². The minimum atomic E-state index is 0.119. The van der Waals surface area contributed by atoms with Gasteiger partial charge in [-0.3, -0.25) is 4.79 Å². The Hall–Kier alpha value is -3.02. The van der Waals surface area contributed by atoms with Crippen molar-refractivity contribution in [1.82, 2.24) is 9.97 Å².